The molecule has 4 aromatic rings. The molecule has 0 spiro atoms. The molecule has 1 aromatic carbocycles. The first-order valence-corrected chi connectivity index (χ1v) is 11.8. The fourth-order valence-corrected chi connectivity index (χ4v) is 5.00. The molecule has 1 saturated heterocycles. The number of aromatic amines is 1. The smallest absolute Gasteiger partial charge is 0.146 e. The number of pyridine rings is 2. The summed E-state index contributed by atoms with van der Waals surface area (Å²) in [6, 6.07) is 8.03. The van der Waals surface area contributed by atoms with E-state index < -0.39 is 6.10 Å². The molecular formula is C24H19Cl3N6O. The van der Waals surface area contributed by atoms with Gasteiger partial charge >= 0.3 is 0 Å². The molecule has 0 amide bonds. The van der Waals surface area contributed by atoms with E-state index in [-0.39, 0.29) is 0 Å². The van der Waals surface area contributed by atoms with Crippen molar-refractivity contribution in [3.05, 3.63) is 63.0 Å². The van der Waals surface area contributed by atoms with Crippen LogP contribution in [0.4, 0.5) is 5.82 Å². The van der Waals surface area contributed by atoms with E-state index in [2.05, 4.69) is 38.1 Å². The number of fused-ring (bicyclic) bond motifs is 1. The molecule has 0 bridgehead atoms. The zero-order valence-electron chi connectivity index (χ0n) is 18.3. The van der Waals surface area contributed by atoms with Crippen molar-refractivity contribution in [3.8, 4) is 23.1 Å². The summed E-state index contributed by atoms with van der Waals surface area (Å²) in [5, 5.41) is 19.2. The maximum atomic E-state index is 9.73. The van der Waals surface area contributed by atoms with E-state index in [9.17, 15) is 5.26 Å². The topological polar surface area (TPSA) is 90.7 Å². The van der Waals surface area contributed by atoms with Gasteiger partial charge in [-0.15, -0.1) is 0 Å². The van der Waals surface area contributed by atoms with Gasteiger partial charge in [0.25, 0.3) is 0 Å². The molecule has 7 nitrogen and oxygen atoms in total. The minimum Gasteiger partial charge on any atom is -0.484 e. The monoisotopic (exact) mass is 512 g/mol. The van der Waals surface area contributed by atoms with Gasteiger partial charge in [-0.05, 0) is 38.5 Å². The maximum Gasteiger partial charge on any atom is 0.146 e. The van der Waals surface area contributed by atoms with Crippen LogP contribution in [0, 0.1) is 11.3 Å². The zero-order chi connectivity index (χ0) is 24.0. The van der Waals surface area contributed by atoms with Gasteiger partial charge in [-0.3, -0.25) is 10.1 Å². The molecular weight excluding hydrogens is 495 g/mol. The Bertz CT molecular complexity index is 1430. The molecule has 0 saturated carbocycles. The number of H-pyrrole nitrogens is 1. The van der Waals surface area contributed by atoms with E-state index in [1.165, 1.54) is 12.4 Å². The summed E-state index contributed by atoms with van der Waals surface area (Å²) in [6.45, 7) is 4.86. The molecule has 34 heavy (non-hydrogen) atoms. The fourth-order valence-electron chi connectivity index (χ4n) is 4.12. The summed E-state index contributed by atoms with van der Waals surface area (Å²) < 4.78 is 6.15. The van der Waals surface area contributed by atoms with Crippen LogP contribution in [0.5, 0.6) is 5.75 Å². The Balaban J connectivity index is 1.52. The van der Waals surface area contributed by atoms with Gasteiger partial charge in [-0.1, -0.05) is 34.8 Å². The molecule has 172 valence electrons. The third-order valence-corrected chi connectivity index (χ3v) is 6.97. The Morgan fingerprint density at radius 2 is 1.91 bits per heavy atom. The van der Waals surface area contributed by atoms with Gasteiger partial charge in [0.2, 0.25) is 0 Å². The summed E-state index contributed by atoms with van der Waals surface area (Å²) in [5.74, 6) is 1.16. The summed E-state index contributed by atoms with van der Waals surface area (Å²) in [7, 11) is 0. The Labute approximate surface area is 211 Å². The second-order valence-electron chi connectivity index (χ2n) is 8.22. The first kappa shape index (κ1) is 22.7. The summed E-state index contributed by atoms with van der Waals surface area (Å²) in [4.78, 5) is 10.7. The van der Waals surface area contributed by atoms with Crippen molar-refractivity contribution in [3.63, 3.8) is 0 Å². The van der Waals surface area contributed by atoms with Crippen LogP contribution in [-0.4, -0.2) is 32.8 Å². The number of benzene rings is 1. The third-order valence-electron chi connectivity index (χ3n) is 6.07. The molecule has 1 N–H and O–H groups in total. The second-order valence-corrected chi connectivity index (χ2v) is 9.44. The number of hydrogen-bond donors (Lipinski definition) is 1. The quantitative estimate of drug-likeness (QED) is 0.324. The average Bonchev–Trinajstić information content (AvgIpc) is 3.21. The van der Waals surface area contributed by atoms with Crippen LogP contribution in [0.2, 0.25) is 15.1 Å². The van der Waals surface area contributed by atoms with Gasteiger partial charge in [-0.25, -0.2) is 4.98 Å². The van der Waals surface area contributed by atoms with E-state index in [1.807, 2.05) is 19.1 Å². The number of rotatable bonds is 5. The van der Waals surface area contributed by atoms with E-state index >= 15 is 0 Å². The molecule has 3 aromatic heterocycles. The van der Waals surface area contributed by atoms with Crippen molar-refractivity contribution in [1.82, 2.24) is 20.2 Å². The zero-order valence-corrected chi connectivity index (χ0v) is 20.6. The van der Waals surface area contributed by atoms with E-state index in [4.69, 9.17) is 39.5 Å². The predicted molar refractivity (Wildman–Crippen MR) is 134 cm³/mol. The van der Waals surface area contributed by atoms with Crippen molar-refractivity contribution in [1.29, 1.82) is 5.26 Å². The molecule has 1 aliphatic rings. The third kappa shape index (κ3) is 3.92. The van der Waals surface area contributed by atoms with Crippen LogP contribution in [-0.2, 0) is 0 Å². The number of ether oxygens (including phenoxy) is 1. The van der Waals surface area contributed by atoms with Crippen LogP contribution >= 0.6 is 34.8 Å². The Hall–Kier alpha value is -3.05. The lowest BCUT2D eigenvalue weighted by Crippen LogP contribution is -2.46. The number of nitrogens with one attached hydrogen (secondary N) is 1. The first-order valence-electron chi connectivity index (χ1n) is 10.7. The van der Waals surface area contributed by atoms with Crippen LogP contribution in [0.15, 0.2) is 36.8 Å². The number of nitriles is 1. The molecule has 0 radical (unpaired) electrons. The minimum absolute atomic E-state index is 0.378. The predicted octanol–water partition coefficient (Wildman–Crippen LogP) is 6.59. The Morgan fingerprint density at radius 3 is 2.56 bits per heavy atom. The van der Waals surface area contributed by atoms with Crippen LogP contribution in [0.1, 0.15) is 37.5 Å². The Kier molecular flexibility index (Phi) is 5.98. The highest BCUT2D eigenvalue weighted by atomic mass is 35.5. The summed E-state index contributed by atoms with van der Waals surface area (Å²) >= 11 is 19.1. The van der Waals surface area contributed by atoms with Gasteiger partial charge in [0.1, 0.15) is 29.4 Å². The lowest BCUT2D eigenvalue weighted by atomic mass is 10.0. The Morgan fingerprint density at radius 1 is 1.15 bits per heavy atom. The lowest BCUT2D eigenvalue weighted by molar-refractivity contribution is 0.227. The second kappa shape index (κ2) is 8.95. The number of nitrogens with zero attached hydrogens (tertiary/aromatic N) is 5. The van der Waals surface area contributed by atoms with Crippen molar-refractivity contribution in [2.45, 2.75) is 32.4 Å². The van der Waals surface area contributed by atoms with Crippen LogP contribution < -0.4 is 9.64 Å². The largest absolute Gasteiger partial charge is 0.484 e. The highest BCUT2D eigenvalue weighted by Crippen LogP contribution is 2.39. The summed E-state index contributed by atoms with van der Waals surface area (Å²) in [6.07, 6.45) is 5.40. The molecule has 1 fully saturated rings. The number of hydrogen-bond acceptors (Lipinski definition) is 6. The highest BCUT2D eigenvalue weighted by Gasteiger charge is 2.27. The van der Waals surface area contributed by atoms with Crippen LogP contribution in [0.3, 0.4) is 0 Å². The van der Waals surface area contributed by atoms with Crippen molar-refractivity contribution < 1.29 is 4.74 Å². The normalized spacial score (nSPS) is 16.2. The molecule has 5 rings (SSSR count). The number of aromatic nitrogens is 4. The van der Waals surface area contributed by atoms with Gasteiger partial charge < -0.3 is 9.64 Å². The van der Waals surface area contributed by atoms with Crippen molar-refractivity contribution in [2.24, 2.45) is 0 Å². The standard InChI is InChI=1S/C24H19Cl3N6O/c1-12-3-4-33(12)24-14(8-28)5-15(9-30-24)23-16-6-21(17(25)7-20(16)31-32-23)34-13(2)22-18(26)10-29-11-19(22)27/h5-7,9-13H,3-4H2,1-2H3,(H,31,32)/t12?,13-/m1/s1. The van der Waals surface area contributed by atoms with E-state index in [0.717, 1.165) is 29.4 Å². The molecule has 1 aliphatic heterocycles. The van der Waals surface area contributed by atoms with Crippen molar-refractivity contribution in [2.75, 3.05) is 11.4 Å². The van der Waals surface area contributed by atoms with Gasteiger partial charge in [0, 0.05) is 47.7 Å². The van der Waals surface area contributed by atoms with E-state index in [0.29, 0.717) is 49.5 Å². The van der Waals surface area contributed by atoms with Gasteiger partial charge in [-0.2, -0.15) is 10.4 Å². The van der Waals surface area contributed by atoms with Gasteiger partial charge in [0.15, 0.2) is 0 Å². The molecule has 1 unspecified atom stereocenters. The molecule has 2 atom stereocenters. The summed E-state index contributed by atoms with van der Waals surface area (Å²) in [5.41, 5.74) is 3.25. The molecule has 4 heterocycles. The van der Waals surface area contributed by atoms with Crippen molar-refractivity contribution >= 4 is 51.5 Å². The lowest BCUT2D eigenvalue weighted by Gasteiger charge is -2.40. The SMILES string of the molecule is CC1CCN1c1ncc(-c2n[nH]c3cc(Cl)c(O[C@H](C)c4c(Cl)cncc4Cl)cc23)cc1C#N. The number of halogens is 3. The molecule has 0 aliphatic carbocycles. The number of anilines is 1. The average molecular weight is 514 g/mol. The first-order chi connectivity index (χ1) is 16.4. The minimum atomic E-state index is -0.474. The van der Waals surface area contributed by atoms with E-state index in [1.54, 1.807) is 12.3 Å². The van der Waals surface area contributed by atoms with Crippen LogP contribution in [0.25, 0.3) is 22.2 Å². The maximum absolute atomic E-state index is 9.73. The molecule has 10 heteroatoms. The van der Waals surface area contributed by atoms with Gasteiger partial charge in [0.05, 0.1) is 26.1 Å². The fraction of sp³-hybridized carbons (Fsp3) is 0.250. The highest BCUT2D eigenvalue weighted by molar-refractivity contribution is 6.36.